The molecule has 12 nitrogen and oxygen atoms in total. The predicted molar refractivity (Wildman–Crippen MR) is 73.2 cm³/mol. The summed E-state index contributed by atoms with van der Waals surface area (Å²) in [6.07, 6.45) is 2.07. The van der Waals surface area contributed by atoms with Gasteiger partial charge < -0.3 is 48.3 Å². The lowest BCUT2D eigenvalue weighted by Gasteiger charge is -2.00. The predicted octanol–water partition coefficient (Wildman–Crippen LogP) is -5.54. The minimum atomic E-state index is -1.51. The first kappa shape index (κ1) is 27.6. The standard InChI is InChI=1S/C6H14N4O2.C4H4O4.2H2O/c7-4(5(11)12)2-1-3-10-6(8)9;5-3(6)1-2-4(7)8;;/h4H,1-3,7H2,(H,11,12)(H4,8,9,10);1-2H,(H,5,6)(H,7,8);2*1H2/b;2-1-;;/t4-;;;/m0.../s1. The van der Waals surface area contributed by atoms with E-state index in [1.807, 2.05) is 0 Å². The Labute approximate surface area is 125 Å². The molecule has 0 aliphatic heterocycles. The lowest BCUT2D eigenvalue weighted by Crippen LogP contribution is -2.64. The summed E-state index contributed by atoms with van der Waals surface area (Å²) >= 11 is 0. The molecule has 0 amide bonds. The van der Waals surface area contributed by atoms with Crippen LogP contribution in [-0.4, -0.2) is 57.6 Å². The van der Waals surface area contributed by atoms with Crippen LogP contribution in [-0.2, 0) is 14.4 Å². The van der Waals surface area contributed by atoms with Crippen molar-refractivity contribution in [3.05, 3.63) is 12.2 Å². The molecule has 0 fully saturated rings. The maximum absolute atomic E-state index is 10.3. The van der Waals surface area contributed by atoms with Gasteiger partial charge in [-0.05, 0) is 12.5 Å². The van der Waals surface area contributed by atoms with Crippen LogP contribution in [0.3, 0.4) is 0 Å². The Morgan fingerprint density at radius 1 is 1.18 bits per heavy atom. The number of nitrogens with two attached hydrogens (primary N) is 2. The molecular weight excluding hydrogens is 304 g/mol. The van der Waals surface area contributed by atoms with E-state index in [9.17, 15) is 19.5 Å². The first-order chi connectivity index (χ1) is 9.16. The monoisotopic (exact) mass is 326 g/mol. The summed E-state index contributed by atoms with van der Waals surface area (Å²) in [4.78, 5) is 33.0. The molecule has 0 bridgehead atoms. The van der Waals surface area contributed by atoms with Crippen LogP contribution in [0.15, 0.2) is 17.1 Å². The molecule has 0 radical (unpaired) electrons. The highest BCUT2D eigenvalue weighted by Crippen LogP contribution is 1.92. The van der Waals surface area contributed by atoms with Crippen LogP contribution in [0, 0.1) is 0 Å². The highest BCUT2D eigenvalue weighted by Gasteiger charge is 2.13. The number of nitrogens with zero attached hydrogens (tertiary/aromatic N) is 1. The molecule has 0 aliphatic rings. The average molecular weight is 326 g/mol. The van der Waals surface area contributed by atoms with Crippen molar-refractivity contribution in [2.45, 2.75) is 18.9 Å². The second-order valence-electron chi connectivity index (χ2n) is 3.47. The zero-order valence-electron chi connectivity index (χ0n) is 11.7. The molecule has 0 rings (SSSR count). The summed E-state index contributed by atoms with van der Waals surface area (Å²) in [7, 11) is 0. The average Bonchev–Trinajstić information content (AvgIpc) is 2.32. The quantitative estimate of drug-likeness (QED) is 0.130. The topological polar surface area (TPSA) is 270 Å². The lowest BCUT2D eigenvalue weighted by atomic mass is 10.2. The van der Waals surface area contributed by atoms with Crippen LogP contribution in [0.2, 0.25) is 0 Å². The summed E-state index contributed by atoms with van der Waals surface area (Å²) in [5, 5.41) is 25.7. The number of rotatable bonds is 7. The normalized spacial score (nSPS) is 10.0. The van der Waals surface area contributed by atoms with Gasteiger partial charge in [-0.2, -0.15) is 0 Å². The molecule has 0 saturated carbocycles. The third-order valence-corrected chi connectivity index (χ3v) is 1.72. The first-order valence-corrected chi connectivity index (χ1v) is 5.40. The number of carboxylic acid groups (broad SMARTS) is 3. The second-order valence-corrected chi connectivity index (χ2v) is 3.47. The van der Waals surface area contributed by atoms with Crippen molar-refractivity contribution < 1.29 is 46.4 Å². The van der Waals surface area contributed by atoms with Crippen molar-refractivity contribution in [1.82, 2.24) is 0 Å². The van der Waals surface area contributed by atoms with E-state index >= 15 is 0 Å². The number of carbonyl (C=O) groups excluding carboxylic acids is 1. The van der Waals surface area contributed by atoms with Crippen molar-refractivity contribution in [1.29, 1.82) is 0 Å². The SMILES string of the molecule is NC(N)=NCCC[C@H]([NH3+])C(=O)O.O.O.O=C([O-])/C=C\C(=O)O. The maximum atomic E-state index is 10.3. The largest absolute Gasteiger partial charge is 0.545 e. The van der Waals surface area contributed by atoms with Crippen LogP contribution in [0.4, 0.5) is 0 Å². The molecule has 0 spiro atoms. The molecule has 0 saturated heterocycles. The zero-order valence-corrected chi connectivity index (χ0v) is 11.7. The summed E-state index contributed by atoms with van der Waals surface area (Å²) < 4.78 is 0. The summed E-state index contributed by atoms with van der Waals surface area (Å²) in [6.45, 7) is 0.460. The van der Waals surface area contributed by atoms with Gasteiger partial charge in [-0.25, -0.2) is 9.59 Å². The van der Waals surface area contributed by atoms with E-state index in [0.29, 0.717) is 31.5 Å². The fraction of sp³-hybridized carbons (Fsp3) is 0.400. The third kappa shape index (κ3) is 26.0. The molecule has 0 aromatic carbocycles. The van der Waals surface area contributed by atoms with Gasteiger partial charge in [0.05, 0.1) is 5.97 Å². The van der Waals surface area contributed by atoms with Crippen molar-refractivity contribution in [2.75, 3.05) is 6.54 Å². The van der Waals surface area contributed by atoms with Crippen molar-refractivity contribution in [3.8, 4) is 0 Å². The molecule has 0 aromatic heterocycles. The smallest absolute Gasteiger partial charge is 0.362 e. The van der Waals surface area contributed by atoms with E-state index in [0.717, 1.165) is 0 Å². The number of quaternary nitrogens is 1. The highest BCUT2D eigenvalue weighted by molar-refractivity contribution is 5.88. The van der Waals surface area contributed by atoms with Gasteiger partial charge >= 0.3 is 11.9 Å². The van der Waals surface area contributed by atoms with Crippen LogP contribution in [0.5, 0.6) is 0 Å². The number of aliphatic carboxylic acids is 3. The lowest BCUT2D eigenvalue weighted by molar-refractivity contribution is -0.409. The van der Waals surface area contributed by atoms with Crippen molar-refractivity contribution in [2.24, 2.45) is 16.5 Å². The first-order valence-electron chi connectivity index (χ1n) is 5.40. The zero-order chi connectivity index (χ0) is 16.1. The van der Waals surface area contributed by atoms with Crippen molar-refractivity contribution >= 4 is 23.9 Å². The number of hydrogen-bond acceptors (Lipinski definition) is 5. The summed E-state index contributed by atoms with van der Waals surface area (Å²) in [6, 6.07) is -0.570. The molecular formula is C10H22N4O8. The minimum Gasteiger partial charge on any atom is -0.545 e. The van der Waals surface area contributed by atoms with Gasteiger partial charge in [0.25, 0.3) is 0 Å². The Kier molecular flexibility index (Phi) is 20.5. The molecule has 0 heterocycles. The number of hydrogen-bond donors (Lipinski definition) is 5. The van der Waals surface area contributed by atoms with E-state index in [-0.39, 0.29) is 16.9 Å². The Balaban J connectivity index is -0.000000144. The molecule has 0 aromatic rings. The van der Waals surface area contributed by atoms with E-state index < -0.39 is 23.9 Å². The van der Waals surface area contributed by atoms with Gasteiger partial charge in [-0.15, -0.1) is 0 Å². The fourth-order valence-electron chi connectivity index (χ4n) is 0.809. The second kappa shape index (κ2) is 16.4. The molecule has 0 unspecified atom stereocenters. The minimum absolute atomic E-state index is 0. The van der Waals surface area contributed by atoms with Gasteiger partial charge in [-0.1, -0.05) is 0 Å². The highest BCUT2D eigenvalue weighted by atomic mass is 16.4. The van der Waals surface area contributed by atoms with Crippen molar-refractivity contribution in [3.63, 3.8) is 0 Å². The van der Waals surface area contributed by atoms with Gasteiger partial charge in [-0.3, -0.25) is 4.99 Å². The Morgan fingerprint density at radius 3 is 1.95 bits per heavy atom. The molecule has 130 valence electrons. The van der Waals surface area contributed by atoms with Crippen LogP contribution < -0.4 is 22.3 Å². The molecule has 0 aliphatic carbocycles. The third-order valence-electron chi connectivity index (χ3n) is 1.72. The number of carbonyl (C=O) groups is 3. The molecule has 12 heteroatoms. The van der Waals surface area contributed by atoms with Crippen LogP contribution in [0.1, 0.15) is 12.8 Å². The Bertz CT molecular complexity index is 376. The van der Waals surface area contributed by atoms with E-state index in [2.05, 4.69) is 10.7 Å². The van der Waals surface area contributed by atoms with Gasteiger partial charge in [0.2, 0.25) is 0 Å². The van der Waals surface area contributed by atoms with Gasteiger partial charge in [0.15, 0.2) is 12.0 Å². The van der Waals surface area contributed by atoms with E-state index in [1.165, 1.54) is 0 Å². The molecule has 13 N–H and O–H groups in total. The Morgan fingerprint density at radius 2 is 1.68 bits per heavy atom. The van der Waals surface area contributed by atoms with Crippen LogP contribution >= 0.6 is 0 Å². The fourth-order valence-corrected chi connectivity index (χ4v) is 0.809. The molecule has 22 heavy (non-hydrogen) atoms. The van der Waals surface area contributed by atoms with Gasteiger partial charge in [0, 0.05) is 19.0 Å². The van der Waals surface area contributed by atoms with Gasteiger partial charge in [0.1, 0.15) is 0 Å². The number of carboxylic acids is 3. The molecule has 1 atom stereocenters. The Hall–Kier alpha value is -2.70. The number of aliphatic imine (C=N–C) groups is 1. The van der Waals surface area contributed by atoms with Crippen LogP contribution in [0.25, 0.3) is 0 Å². The summed E-state index contributed by atoms with van der Waals surface area (Å²) in [5.74, 6) is -3.66. The maximum Gasteiger partial charge on any atom is 0.362 e. The number of guanidine groups is 1. The van der Waals surface area contributed by atoms with E-state index in [1.54, 1.807) is 0 Å². The van der Waals surface area contributed by atoms with E-state index in [4.69, 9.17) is 21.7 Å². The summed E-state index contributed by atoms with van der Waals surface area (Å²) in [5.41, 5.74) is 13.6.